The number of hydrogen-bond acceptors (Lipinski definition) is 1. The highest BCUT2D eigenvalue weighted by Gasteiger charge is 2.34. The molecular weight excluding hydrogens is 138 g/mol. The molecule has 10 heavy (non-hydrogen) atoms. The highest BCUT2D eigenvalue weighted by molar-refractivity contribution is 6.79. The van der Waals surface area contributed by atoms with E-state index in [-0.39, 0.29) is 0 Å². The van der Waals surface area contributed by atoms with Crippen molar-refractivity contribution in [1.29, 1.82) is 0 Å². The lowest BCUT2D eigenvalue weighted by atomic mass is 10.2. The van der Waals surface area contributed by atoms with Gasteiger partial charge in [0.1, 0.15) is 0 Å². The van der Waals surface area contributed by atoms with E-state index in [0.29, 0.717) is 5.04 Å². The third kappa shape index (κ3) is 2.25. The van der Waals surface area contributed by atoms with Gasteiger partial charge in [0.25, 0.3) is 0 Å². The van der Waals surface area contributed by atoms with E-state index in [0.717, 1.165) is 0 Å². The van der Waals surface area contributed by atoms with Crippen LogP contribution in [0.5, 0.6) is 0 Å². The molecule has 0 aliphatic heterocycles. The minimum Gasteiger partial charge on any atom is -0.333 e. The molecule has 0 spiro atoms. The van der Waals surface area contributed by atoms with Crippen LogP contribution in [-0.2, 0) is 0 Å². The maximum absolute atomic E-state index is 4.54. The first-order valence-corrected chi connectivity index (χ1v) is 6.76. The van der Waals surface area contributed by atoms with Crippen LogP contribution in [0.15, 0.2) is 4.66 Å². The van der Waals surface area contributed by atoms with Crippen molar-refractivity contribution in [3.05, 3.63) is 0 Å². The lowest BCUT2D eigenvalue weighted by Crippen LogP contribution is -2.35. The molecule has 0 aromatic carbocycles. The average molecular weight is 157 g/mol. The molecule has 0 aliphatic carbocycles. The third-order valence-electron chi connectivity index (χ3n) is 2.29. The lowest BCUT2D eigenvalue weighted by molar-refractivity contribution is 0.719. The second-order valence-electron chi connectivity index (χ2n) is 4.20. The van der Waals surface area contributed by atoms with Crippen molar-refractivity contribution in [2.75, 3.05) is 0 Å². The molecule has 0 saturated heterocycles. The van der Waals surface area contributed by atoms with E-state index in [1.807, 2.05) is 13.1 Å². The van der Waals surface area contributed by atoms with Gasteiger partial charge in [-0.3, -0.25) is 0 Å². The van der Waals surface area contributed by atoms with Gasteiger partial charge in [-0.2, -0.15) is 0 Å². The molecule has 0 atom stereocenters. The van der Waals surface area contributed by atoms with Crippen molar-refractivity contribution in [2.45, 2.75) is 45.8 Å². The van der Waals surface area contributed by atoms with Crippen LogP contribution >= 0.6 is 0 Å². The maximum atomic E-state index is 4.54. The van der Waals surface area contributed by atoms with E-state index < -0.39 is 8.24 Å². The second kappa shape index (κ2) is 2.87. The Morgan fingerprint density at radius 1 is 1.20 bits per heavy atom. The van der Waals surface area contributed by atoms with Crippen LogP contribution in [0.1, 0.15) is 27.7 Å². The van der Waals surface area contributed by atoms with E-state index >= 15 is 0 Å². The number of rotatable bonds is 1. The summed E-state index contributed by atoms with van der Waals surface area (Å²) in [4.78, 5) is 0. The molecule has 0 saturated carbocycles. The van der Waals surface area contributed by atoms with Crippen LogP contribution < -0.4 is 0 Å². The van der Waals surface area contributed by atoms with Crippen LogP contribution in [0, 0.1) is 0 Å². The Hall–Kier alpha value is -0.113. The Bertz CT molecular complexity index is 131. The summed E-state index contributed by atoms with van der Waals surface area (Å²) >= 11 is 0. The smallest absolute Gasteiger partial charge is 0.179 e. The molecule has 0 heterocycles. The van der Waals surface area contributed by atoms with Crippen LogP contribution in [0.25, 0.3) is 0 Å². The van der Waals surface area contributed by atoms with E-state index in [1.165, 1.54) is 0 Å². The molecule has 2 heteroatoms. The zero-order valence-corrected chi connectivity index (χ0v) is 9.02. The first-order valence-electron chi connectivity index (χ1n) is 3.81. The Balaban J connectivity index is 4.40. The molecule has 0 aliphatic rings. The Labute approximate surface area is 65.7 Å². The topological polar surface area (TPSA) is 12.4 Å². The SMILES string of the molecule is C/C=N/[Si](C)(C)C(C)(C)C. The molecule has 0 unspecified atom stereocenters. The van der Waals surface area contributed by atoms with Gasteiger partial charge in [-0.05, 0) is 31.3 Å². The minimum atomic E-state index is -1.34. The molecule has 0 fully saturated rings. The summed E-state index contributed by atoms with van der Waals surface area (Å²) in [5.41, 5.74) is 0. The van der Waals surface area contributed by atoms with Gasteiger partial charge in [0.15, 0.2) is 8.24 Å². The Kier molecular flexibility index (Phi) is 2.83. The predicted molar refractivity (Wildman–Crippen MR) is 51.4 cm³/mol. The van der Waals surface area contributed by atoms with Crippen molar-refractivity contribution in [3.8, 4) is 0 Å². The summed E-state index contributed by atoms with van der Waals surface area (Å²) in [6, 6.07) is 0. The van der Waals surface area contributed by atoms with Crippen LogP contribution in [0.2, 0.25) is 18.1 Å². The summed E-state index contributed by atoms with van der Waals surface area (Å²) in [7, 11) is -1.34. The summed E-state index contributed by atoms with van der Waals surface area (Å²) in [6.45, 7) is 13.4. The van der Waals surface area contributed by atoms with E-state index in [1.54, 1.807) is 0 Å². The van der Waals surface area contributed by atoms with Gasteiger partial charge in [-0.15, -0.1) is 0 Å². The van der Waals surface area contributed by atoms with Crippen molar-refractivity contribution < 1.29 is 0 Å². The summed E-state index contributed by atoms with van der Waals surface area (Å²) in [6.07, 6.45) is 1.94. The highest BCUT2D eigenvalue weighted by Crippen LogP contribution is 2.36. The van der Waals surface area contributed by atoms with Gasteiger partial charge in [0.05, 0.1) is 0 Å². The van der Waals surface area contributed by atoms with Gasteiger partial charge in [-0.25, -0.2) is 0 Å². The molecule has 0 N–H and O–H groups in total. The van der Waals surface area contributed by atoms with Crippen molar-refractivity contribution in [3.63, 3.8) is 0 Å². The third-order valence-corrected chi connectivity index (χ3v) is 6.86. The predicted octanol–water partition coefficient (Wildman–Crippen LogP) is 3.08. The van der Waals surface area contributed by atoms with E-state index in [9.17, 15) is 0 Å². The average Bonchev–Trinajstić information content (AvgIpc) is 1.61. The summed E-state index contributed by atoms with van der Waals surface area (Å²) in [5.74, 6) is 0. The molecule has 0 aromatic rings. The minimum absolute atomic E-state index is 0.388. The second-order valence-corrected chi connectivity index (χ2v) is 9.07. The number of nitrogens with zero attached hydrogens (tertiary/aromatic N) is 1. The van der Waals surface area contributed by atoms with E-state index in [2.05, 4.69) is 38.5 Å². The zero-order valence-electron chi connectivity index (χ0n) is 8.02. The fourth-order valence-electron chi connectivity index (χ4n) is 0.516. The monoisotopic (exact) mass is 157 g/mol. The largest absolute Gasteiger partial charge is 0.333 e. The van der Waals surface area contributed by atoms with Gasteiger partial charge >= 0.3 is 0 Å². The number of hydrogen-bond donors (Lipinski definition) is 0. The fraction of sp³-hybridized carbons (Fsp3) is 0.875. The Morgan fingerprint density at radius 2 is 1.60 bits per heavy atom. The standard InChI is InChI=1S/C8H19NSi/c1-7-9-10(5,6)8(2,3)4/h7H,1-6H3/b9-7+. The van der Waals surface area contributed by atoms with Crippen molar-refractivity contribution in [1.82, 2.24) is 0 Å². The molecule has 0 amide bonds. The molecule has 60 valence electrons. The van der Waals surface area contributed by atoms with Gasteiger partial charge in [0.2, 0.25) is 0 Å². The molecule has 1 nitrogen and oxygen atoms in total. The van der Waals surface area contributed by atoms with Crippen LogP contribution in [0.4, 0.5) is 0 Å². The normalized spacial score (nSPS) is 14.6. The van der Waals surface area contributed by atoms with Gasteiger partial charge < -0.3 is 4.66 Å². The van der Waals surface area contributed by atoms with Crippen molar-refractivity contribution in [2.24, 2.45) is 4.66 Å². The van der Waals surface area contributed by atoms with Crippen molar-refractivity contribution >= 4 is 14.5 Å². The molecule has 0 aromatic heterocycles. The quantitative estimate of drug-likeness (QED) is 0.410. The lowest BCUT2D eigenvalue weighted by Gasteiger charge is -2.32. The maximum Gasteiger partial charge on any atom is 0.179 e. The summed E-state index contributed by atoms with van der Waals surface area (Å²) < 4.78 is 4.54. The van der Waals surface area contributed by atoms with Gasteiger partial charge in [0, 0.05) is 0 Å². The highest BCUT2D eigenvalue weighted by atomic mass is 28.3. The van der Waals surface area contributed by atoms with E-state index in [4.69, 9.17) is 0 Å². The van der Waals surface area contributed by atoms with Crippen LogP contribution in [0.3, 0.4) is 0 Å². The summed E-state index contributed by atoms with van der Waals surface area (Å²) in [5, 5.41) is 0.388. The molecular formula is C8H19NSi. The first-order chi connectivity index (χ1) is 4.31. The van der Waals surface area contributed by atoms with Crippen LogP contribution in [-0.4, -0.2) is 14.5 Å². The molecule has 0 rings (SSSR count). The zero-order chi connectivity index (χ0) is 8.41. The molecule has 0 radical (unpaired) electrons. The fourth-order valence-corrected chi connectivity index (χ4v) is 1.55. The first kappa shape index (κ1) is 9.89. The Morgan fingerprint density at radius 3 is 1.70 bits per heavy atom. The molecule has 0 bridgehead atoms. The van der Waals surface area contributed by atoms with Gasteiger partial charge in [-0.1, -0.05) is 20.8 Å².